The number of carbonyl (C=O) groups is 1. The lowest BCUT2D eigenvalue weighted by atomic mass is 10.2. The molecule has 21 heavy (non-hydrogen) atoms. The standard InChI is InChI=1S/C14H18ClNO4S/c1-20-13-7-6-11(10-12(13)14(15)17)21(18,19)16-8-4-2-3-5-9-16/h6-7,10H,2-5,8-9H2,1H3. The van der Waals surface area contributed by atoms with E-state index in [0.717, 1.165) is 25.7 Å². The minimum atomic E-state index is -3.60. The summed E-state index contributed by atoms with van der Waals surface area (Å²) in [5.41, 5.74) is 0.0649. The van der Waals surface area contributed by atoms with E-state index in [2.05, 4.69) is 0 Å². The molecule has 0 bridgehead atoms. The van der Waals surface area contributed by atoms with E-state index in [1.165, 1.54) is 29.6 Å². The van der Waals surface area contributed by atoms with Crippen molar-refractivity contribution in [3.63, 3.8) is 0 Å². The Morgan fingerprint density at radius 3 is 2.33 bits per heavy atom. The fraction of sp³-hybridized carbons (Fsp3) is 0.500. The highest BCUT2D eigenvalue weighted by Gasteiger charge is 2.26. The van der Waals surface area contributed by atoms with E-state index >= 15 is 0 Å². The SMILES string of the molecule is COc1ccc(S(=O)(=O)N2CCCCCC2)cc1C(=O)Cl. The second kappa shape index (κ2) is 6.77. The molecule has 1 aliphatic heterocycles. The van der Waals surface area contributed by atoms with Gasteiger partial charge >= 0.3 is 0 Å². The second-order valence-corrected chi connectivity index (χ2v) is 7.24. The summed E-state index contributed by atoms with van der Waals surface area (Å²) in [5.74, 6) is 0.268. The van der Waals surface area contributed by atoms with Crippen LogP contribution >= 0.6 is 11.6 Å². The molecule has 1 fully saturated rings. The molecule has 0 aromatic heterocycles. The second-order valence-electron chi connectivity index (χ2n) is 4.95. The first kappa shape index (κ1) is 16.3. The highest BCUT2D eigenvalue weighted by atomic mass is 35.5. The van der Waals surface area contributed by atoms with Crippen LogP contribution in [0.5, 0.6) is 5.75 Å². The van der Waals surface area contributed by atoms with E-state index in [1.54, 1.807) is 0 Å². The van der Waals surface area contributed by atoms with Gasteiger partial charge in [0.1, 0.15) is 5.75 Å². The van der Waals surface area contributed by atoms with Crippen molar-refractivity contribution in [1.82, 2.24) is 4.31 Å². The van der Waals surface area contributed by atoms with Crippen LogP contribution in [0, 0.1) is 0 Å². The zero-order chi connectivity index (χ0) is 15.5. The quantitative estimate of drug-likeness (QED) is 0.796. The fourth-order valence-corrected chi connectivity index (χ4v) is 4.12. The summed E-state index contributed by atoms with van der Waals surface area (Å²) in [6, 6.07) is 4.19. The summed E-state index contributed by atoms with van der Waals surface area (Å²) in [4.78, 5) is 11.5. The Morgan fingerprint density at radius 2 is 1.81 bits per heavy atom. The molecule has 5 nitrogen and oxygen atoms in total. The van der Waals surface area contributed by atoms with Gasteiger partial charge in [0.25, 0.3) is 5.24 Å². The highest BCUT2D eigenvalue weighted by Crippen LogP contribution is 2.27. The first-order valence-corrected chi connectivity index (χ1v) is 8.66. The van der Waals surface area contributed by atoms with Crippen molar-refractivity contribution in [2.24, 2.45) is 0 Å². The van der Waals surface area contributed by atoms with Crippen LogP contribution in [0.2, 0.25) is 0 Å². The lowest BCUT2D eigenvalue weighted by molar-refractivity contribution is 0.107. The Hall–Kier alpha value is -1.11. The number of benzene rings is 1. The summed E-state index contributed by atoms with van der Waals surface area (Å²) in [6.45, 7) is 1.02. The first-order chi connectivity index (χ1) is 9.96. The average molecular weight is 332 g/mol. The first-order valence-electron chi connectivity index (χ1n) is 6.85. The van der Waals surface area contributed by atoms with E-state index in [1.807, 2.05) is 0 Å². The lowest BCUT2D eigenvalue weighted by Crippen LogP contribution is -2.32. The van der Waals surface area contributed by atoms with Gasteiger partial charge in [-0.3, -0.25) is 4.79 Å². The van der Waals surface area contributed by atoms with Crippen LogP contribution in [0.4, 0.5) is 0 Å². The number of ether oxygens (including phenoxy) is 1. The number of carbonyl (C=O) groups excluding carboxylic acids is 1. The number of hydrogen-bond acceptors (Lipinski definition) is 4. The summed E-state index contributed by atoms with van der Waals surface area (Å²) < 4.78 is 31.8. The normalized spacial score (nSPS) is 17.2. The van der Waals surface area contributed by atoms with Crippen molar-refractivity contribution in [1.29, 1.82) is 0 Å². The van der Waals surface area contributed by atoms with Gasteiger partial charge < -0.3 is 4.74 Å². The van der Waals surface area contributed by atoms with Gasteiger partial charge in [-0.25, -0.2) is 8.42 Å². The Morgan fingerprint density at radius 1 is 1.19 bits per heavy atom. The van der Waals surface area contributed by atoms with Crippen LogP contribution in [0.1, 0.15) is 36.0 Å². The van der Waals surface area contributed by atoms with Crippen molar-refractivity contribution in [3.05, 3.63) is 23.8 Å². The fourth-order valence-electron chi connectivity index (χ4n) is 2.43. The van der Waals surface area contributed by atoms with Crippen LogP contribution in [-0.4, -0.2) is 38.2 Å². The summed E-state index contributed by atoms with van der Waals surface area (Å²) in [6.07, 6.45) is 3.80. The largest absolute Gasteiger partial charge is 0.496 e. The highest BCUT2D eigenvalue weighted by molar-refractivity contribution is 7.89. The smallest absolute Gasteiger partial charge is 0.256 e. The average Bonchev–Trinajstić information content (AvgIpc) is 2.76. The molecule has 1 aromatic carbocycles. The number of sulfonamides is 1. The number of rotatable bonds is 4. The van der Waals surface area contributed by atoms with Gasteiger partial charge in [0.05, 0.1) is 17.6 Å². The Bertz CT molecular complexity index is 622. The van der Waals surface area contributed by atoms with Crippen LogP contribution in [0.25, 0.3) is 0 Å². The molecule has 0 N–H and O–H groups in total. The van der Waals surface area contributed by atoms with Crippen molar-refractivity contribution in [3.8, 4) is 5.75 Å². The molecule has 0 amide bonds. The van der Waals surface area contributed by atoms with Gasteiger partial charge in [0.15, 0.2) is 0 Å². The molecule has 1 aromatic rings. The Kier molecular flexibility index (Phi) is 5.24. The van der Waals surface area contributed by atoms with Crippen LogP contribution in [0.3, 0.4) is 0 Å². The number of nitrogens with zero attached hydrogens (tertiary/aromatic N) is 1. The molecule has 0 aliphatic carbocycles. The van der Waals surface area contributed by atoms with E-state index in [-0.39, 0.29) is 16.2 Å². The molecular weight excluding hydrogens is 314 g/mol. The molecule has 1 saturated heterocycles. The summed E-state index contributed by atoms with van der Waals surface area (Å²) >= 11 is 5.49. The topological polar surface area (TPSA) is 63.7 Å². The number of methoxy groups -OCH3 is 1. The maximum atomic E-state index is 12.6. The van der Waals surface area contributed by atoms with Gasteiger partial charge in [0.2, 0.25) is 10.0 Å². The zero-order valence-corrected chi connectivity index (χ0v) is 13.4. The predicted molar refractivity (Wildman–Crippen MR) is 80.4 cm³/mol. The molecule has 2 rings (SSSR count). The molecule has 1 aliphatic rings. The molecule has 7 heteroatoms. The number of halogens is 1. The molecule has 0 radical (unpaired) electrons. The third-order valence-corrected chi connectivity index (χ3v) is 5.68. The third kappa shape index (κ3) is 3.56. The van der Waals surface area contributed by atoms with Gasteiger partial charge in [-0.15, -0.1) is 0 Å². The van der Waals surface area contributed by atoms with Gasteiger partial charge in [-0.1, -0.05) is 12.8 Å². The van der Waals surface area contributed by atoms with Crippen LogP contribution < -0.4 is 4.74 Å². The zero-order valence-electron chi connectivity index (χ0n) is 11.8. The summed E-state index contributed by atoms with van der Waals surface area (Å²) in [5, 5.41) is -0.736. The molecule has 1 heterocycles. The van der Waals surface area contributed by atoms with Crippen molar-refractivity contribution < 1.29 is 17.9 Å². The van der Waals surface area contributed by atoms with Crippen LogP contribution in [-0.2, 0) is 10.0 Å². The van der Waals surface area contributed by atoms with E-state index in [0.29, 0.717) is 13.1 Å². The molecular formula is C14H18ClNO4S. The van der Waals surface area contributed by atoms with Gasteiger partial charge in [0, 0.05) is 13.1 Å². The maximum absolute atomic E-state index is 12.6. The minimum Gasteiger partial charge on any atom is -0.496 e. The molecule has 0 saturated carbocycles. The van der Waals surface area contributed by atoms with Gasteiger partial charge in [-0.2, -0.15) is 4.31 Å². The van der Waals surface area contributed by atoms with E-state index in [9.17, 15) is 13.2 Å². The summed E-state index contributed by atoms with van der Waals surface area (Å²) in [7, 11) is -2.20. The van der Waals surface area contributed by atoms with Gasteiger partial charge in [-0.05, 0) is 42.6 Å². The lowest BCUT2D eigenvalue weighted by Gasteiger charge is -2.20. The minimum absolute atomic E-state index is 0.0649. The predicted octanol–water partition coefficient (Wildman–Crippen LogP) is 2.64. The van der Waals surface area contributed by atoms with Crippen molar-refractivity contribution >= 4 is 26.9 Å². The number of hydrogen-bond donors (Lipinski definition) is 0. The monoisotopic (exact) mass is 331 g/mol. The van der Waals surface area contributed by atoms with Crippen molar-refractivity contribution in [2.75, 3.05) is 20.2 Å². The van der Waals surface area contributed by atoms with E-state index in [4.69, 9.17) is 16.3 Å². The molecule has 0 spiro atoms. The maximum Gasteiger partial charge on any atom is 0.256 e. The van der Waals surface area contributed by atoms with Crippen molar-refractivity contribution in [2.45, 2.75) is 30.6 Å². The molecule has 0 atom stereocenters. The Labute approximate surface area is 129 Å². The molecule has 116 valence electrons. The Balaban J connectivity index is 2.39. The third-order valence-electron chi connectivity index (χ3n) is 3.59. The van der Waals surface area contributed by atoms with E-state index < -0.39 is 15.3 Å². The van der Waals surface area contributed by atoms with Crippen LogP contribution in [0.15, 0.2) is 23.1 Å². The molecule has 0 unspecified atom stereocenters.